The molecule has 0 heterocycles. The van der Waals surface area contributed by atoms with Crippen molar-refractivity contribution >= 4 is 21.6 Å². The molecule has 0 unspecified atom stereocenters. The molecule has 0 fully saturated rings. The fraction of sp³-hybridized carbons (Fsp3) is 0.538. The number of nitrogens with two attached hydrogens (primary N) is 1. The van der Waals surface area contributed by atoms with Crippen LogP contribution in [0.5, 0.6) is 0 Å². The van der Waals surface area contributed by atoms with Gasteiger partial charge in [0, 0.05) is 13.6 Å². The zero-order valence-electron chi connectivity index (χ0n) is 11.8. The molecule has 0 aliphatic heterocycles. The Kier molecular flexibility index (Phi) is 5.01. The first-order valence-electron chi connectivity index (χ1n) is 6.03. The molecule has 108 valence electrons. The summed E-state index contributed by atoms with van der Waals surface area (Å²) in [6.07, 6.45) is 0. The van der Waals surface area contributed by atoms with Crippen LogP contribution in [0.1, 0.15) is 19.4 Å². The molecule has 2 N–H and O–H groups in total. The summed E-state index contributed by atoms with van der Waals surface area (Å²) in [5, 5.41) is 0.248. The van der Waals surface area contributed by atoms with Gasteiger partial charge in [0.2, 0.25) is 10.0 Å². The Bertz CT molecular complexity index is 556. The fourth-order valence-corrected chi connectivity index (χ4v) is 3.66. The first kappa shape index (κ1) is 16.4. The van der Waals surface area contributed by atoms with Gasteiger partial charge in [0.15, 0.2) is 0 Å². The molecule has 1 aromatic carbocycles. The lowest BCUT2D eigenvalue weighted by atomic mass is 9.94. The topological polar surface area (TPSA) is 63.4 Å². The van der Waals surface area contributed by atoms with Crippen LogP contribution in [0.3, 0.4) is 0 Å². The summed E-state index contributed by atoms with van der Waals surface area (Å²) < 4.78 is 26.2. The van der Waals surface area contributed by atoms with Gasteiger partial charge in [0.25, 0.3) is 0 Å². The molecule has 0 amide bonds. The minimum atomic E-state index is -3.58. The molecular formula is C13H21ClN2O2S. The van der Waals surface area contributed by atoms with Crippen LogP contribution in [0, 0.1) is 12.3 Å². The van der Waals surface area contributed by atoms with E-state index in [1.807, 2.05) is 20.8 Å². The summed E-state index contributed by atoms with van der Waals surface area (Å²) in [5.41, 5.74) is 6.28. The average molecular weight is 305 g/mol. The second kappa shape index (κ2) is 5.79. The van der Waals surface area contributed by atoms with Crippen molar-refractivity contribution in [2.75, 3.05) is 20.1 Å². The number of nitrogens with zero attached hydrogens (tertiary/aromatic N) is 1. The van der Waals surface area contributed by atoms with Crippen molar-refractivity contribution in [1.29, 1.82) is 0 Å². The zero-order chi connectivity index (χ0) is 14.8. The van der Waals surface area contributed by atoms with E-state index < -0.39 is 10.0 Å². The van der Waals surface area contributed by atoms with E-state index in [1.165, 1.54) is 4.31 Å². The molecule has 0 saturated carbocycles. The van der Waals surface area contributed by atoms with E-state index in [0.29, 0.717) is 13.1 Å². The largest absolute Gasteiger partial charge is 0.330 e. The maximum absolute atomic E-state index is 12.5. The van der Waals surface area contributed by atoms with Crippen molar-refractivity contribution in [2.45, 2.75) is 25.7 Å². The van der Waals surface area contributed by atoms with Crippen LogP contribution in [0.15, 0.2) is 23.1 Å². The Morgan fingerprint density at radius 1 is 1.37 bits per heavy atom. The van der Waals surface area contributed by atoms with Gasteiger partial charge in [-0.3, -0.25) is 0 Å². The number of benzene rings is 1. The van der Waals surface area contributed by atoms with Gasteiger partial charge in [0.05, 0.1) is 5.02 Å². The van der Waals surface area contributed by atoms with Crippen LogP contribution in [0.25, 0.3) is 0 Å². The van der Waals surface area contributed by atoms with Crippen LogP contribution in [0.4, 0.5) is 0 Å². The standard InChI is InChI=1S/C13H21ClN2O2S/c1-10-5-6-12(11(14)7-10)19(17,18)16(4)9-13(2,3)8-15/h5-7H,8-9,15H2,1-4H3. The highest BCUT2D eigenvalue weighted by molar-refractivity contribution is 7.89. The Labute approximate surface area is 120 Å². The highest BCUT2D eigenvalue weighted by atomic mass is 35.5. The van der Waals surface area contributed by atoms with Crippen LogP contribution < -0.4 is 5.73 Å². The summed E-state index contributed by atoms with van der Waals surface area (Å²) in [7, 11) is -2.04. The SMILES string of the molecule is Cc1ccc(S(=O)(=O)N(C)CC(C)(C)CN)c(Cl)c1. The molecule has 0 aliphatic carbocycles. The summed E-state index contributed by atoms with van der Waals surface area (Å²) in [6, 6.07) is 4.93. The van der Waals surface area contributed by atoms with Crippen molar-refractivity contribution in [3.63, 3.8) is 0 Å². The summed E-state index contributed by atoms with van der Waals surface area (Å²) in [6.45, 7) is 6.47. The Hall–Kier alpha value is -0.620. The summed E-state index contributed by atoms with van der Waals surface area (Å²) >= 11 is 6.03. The lowest BCUT2D eigenvalue weighted by Crippen LogP contribution is -2.39. The molecular weight excluding hydrogens is 284 g/mol. The molecule has 0 aromatic heterocycles. The van der Waals surface area contributed by atoms with Crippen molar-refractivity contribution in [3.8, 4) is 0 Å². The van der Waals surface area contributed by atoms with Gasteiger partial charge in [-0.2, -0.15) is 0 Å². The highest BCUT2D eigenvalue weighted by Crippen LogP contribution is 2.26. The fourth-order valence-electron chi connectivity index (χ4n) is 1.74. The van der Waals surface area contributed by atoms with Crippen molar-refractivity contribution < 1.29 is 8.42 Å². The van der Waals surface area contributed by atoms with E-state index in [2.05, 4.69) is 0 Å². The number of halogens is 1. The summed E-state index contributed by atoms with van der Waals surface area (Å²) in [4.78, 5) is 0.134. The lowest BCUT2D eigenvalue weighted by molar-refractivity contribution is 0.292. The Balaban J connectivity index is 3.10. The second-order valence-electron chi connectivity index (χ2n) is 5.56. The molecule has 0 saturated heterocycles. The molecule has 0 radical (unpaired) electrons. The molecule has 4 nitrogen and oxygen atoms in total. The van der Waals surface area contributed by atoms with E-state index in [4.69, 9.17) is 17.3 Å². The molecule has 0 aliphatic rings. The zero-order valence-corrected chi connectivity index (χ0v) is 13.3. The predicted molar refractivity (Wildman–Crippen MR) is 78.8 cm³/mol. The van der Waals surface area contributed by atoms with Gasteiger partial charge in [-0.15, -0.1) is 0 Å². The van der Waals surface area contributed by atoms with Gasteiger partial charge in [-0.1, -0.05) is 31.5 Å². The number of rotatable bonds is 5. The van der Waals surface area contributed by atoms with E-state index in [9.17, 15) is 8.42 Å². The first-order chi connectivity index (χ1) is 8.60. The first-order valence-corrected chi connectivity index (χ1v) is 7.84. The second-order valence-corrected chi connectivity index (χ2v) is 7.98. The van der Waals surface area contributed by atoms with Crippen molar-refractivity contribution in [3.05, 3.63) is 28.8 Å². The Morgan fingerprint density at radius 3 is 2.42 bits per heavy atom. The van der Waals surface area contributed by atoms with Gasteiger partial charge >= 0.3 is 0 Å². The monoisotopic (exact) mass is 304 g/mol. The van der Waals surface area contributed by atoms with Crippen molar-refractivity contribution in [2.24, 2.45) is 11.1 Å². The van der Waals surface area contributed by atoms with Crippen LogP contribution >= 0.6 is 11.6 Å². The molecule has 19 heavy (non-hydrogen) atoms. The van der Waals surface area contributed by atoms with E-state index >= 15 is 0 Å². The van der Waals surface area contributed by atoms with Gasteiger partial charge < -0.3 is 5.73 Å². The molecule has 0 spiro atoms. The van der Waals surface area contributed by atoms with Gasteiger partial charge in [0.1, 0.15) is 4.90 Å². The van der Waals surface area contributed by atoms with Crippen LogP contribution in [-0.2, 0) is 10.0 Å². The van der Waals surface area contributed by atoms with Gasteiger partial charge in [-0.05, 0) is 36.6 Å². The molecule has 1 aromatic rings. The lowest BCUT2D eigenvalue weighted by Gasteiger charge is -2.28. The molecule has 6 heteroatoms. The third-order valence-electron chi connectivity index (χ3n) is 2.98. The maximum Gasteiger partial charge on any atom is 0.244 e. The minimum absolute atomic E-state index is 0.134. The third-order valence-corrected chi connectivity index (χ3v) is 5.27. The van der Waals surface area contributed by atoms with Gasteiger partial charge in [-0.25, -0.2) is 12.7 Å². The smallest absolute Gasteiger partial charge is 0.244 e. The normalized spacial score (nSPS) is 13.0. The van der Waals surface area contributed by atoms with E-state index in [1.54, 1.807) is 25.2 Å². The third kappa shape index (κ3) is 3.92. The highest BCUT2D eigenvalue weighted by Gasteiger charge is 2.28. The van der Waals surface area contributed by atoms with E-state index in [0.717, 1.165) is 5.56 Å². The van der Waals surface area contributed by atoms with Crippen LogP contribution in [0.2, 0.25) is 5.02 Å². The van der Waals surface area contributed by atoms with Crippen LogP contribution in [-0.4, -0.2) is 32.9 Å². The minimum Gasteiger partial charge on any atom is -0.330 e. The number of hydrogen-bond acceptors (Lipinski definition) is 3. The Morgan fingerprint density at radius 2 is 1.95 bits per heavy atom. The number of hydrogen-bond donors (Lipinski definition) is 1. The maximum atomic E-state index is 12.5. The summed E-state index contributed by atoms with van der Waals surface area (Å²) in [5.74, 6) is 0. The number of sulfonamides is 1. The predicted octanol–water partition coefficient (Wildman–Crippen LogP) is 2.25. The molecule has 1 rings (SSSR count). The average Bonchev–Trinajstić information content (AvgIpc) is 2.27. The molecule has 0 bridgehead atoms. The van der Waals surface area contributed by atoms with Crippen molar-refractivity contribution in [1.82, 2.24) is 4.31 Å². The quantitative estimate of drug-likeness (QED) is 0.907. The van der Waals surface area contributed by atoms with E-state index in [-0.39, 0.29) is 15.3 Å². The number of aryl methyl sites for hydroxylation is 1. The molecule has 0 atom stereocenters.